The van der Waals surface area contributed by atoms with Crippen molar-refractivity contribution in [3.63, 3.8) is 0 Å². The molecule has 0 aliphatic carbocycles. The number of carbonyl (C=O) groups excluding carboxylic acids is 1. The van der Waals surface area contributed by atoms with Crippen molar-refractivity contribution in [2.45, 2.75) is 18.8 Å². The first-order chi connectivity index (χ1) is 9.31. The maximum atomic E-state index is 12.2. The van der Waals surface area contributed by atoms with Gasteiger partial charge in [0.2, 0.25) is 0 Å². The topological polar surface area (TPSA) is 17.1 Å². The molecular formula is C18H16O. The zero-order valence-electron chi connectivity index (χ0n) is 10.8. The molecule has 2 aromatic carbocycles. The van der Waals surface area contributed by atoms with Crippen molar-refractivity contribution in [2.24, 2.45) is 0 Å². The summed E-state index contributed by atoms with van der Waals surface area (Å²) in [5, 5.41) is 0. The van der Waals surface area contributed by atoms with E-state index in [9.17, 15) is 4.79 Å². The fraction of sp³-hybridized carbons (Fsp3) is 0.167. The van der Waals surface area contributed by atoms with Gasteiger partial charge in [0.05, 0.1) is 0 Å². The molecule has 94 valence electrons. The third-order valence-corrected chi connectivity index (χ3v) is 3.16. The summed E-state index contributed by atoms with van der Waals surface area (Å²) >= 11 is 0. The molecule has 2 aromatic rings. The Morgan fingerprint density at radius 2 is 1.58 bits per heavy atom. The molecule has 0 aliphatic rings. The van der Waals surface area contributed by atoms with Crippen LogP contribution in [0.25, 0.3) is 0 Å². The zero-order chi connectivity index (χ0) is 13.5. The minimum absolute atomic E-state index is 0.0962. The van der Waals surface area contributed by atoms with E-state index in [1.165, 1.54) is 0 Å². The molecule has 0 aliphatic heterocycles. The lowest BCUT2D eigenvalue weighted by Crippen LogP contribution is -2.07. The monoisotopic (exact) mass is 248 g/mol. The smallest absolute Gasteiger partial charge is 0.163 e. The van der Waals surface area contributed by atoms with E-state index in [1.54, 1.807) is 0 Å². The lowest BCUT2D eigenvalue weighted by atomic mass is 9.89. The van der Waals surface area contributed by atoms with Crippen molar-refractivity contribution in [2.75, 3.05) is 0 Å². The highest BCUT2D eigenvalue weighted by Gasteiger charge is 2.16. The largest absolute Gasteiger partial charge is 0.294 e. The van der Waals surface area contributed by atoms with Crippen LogP contribution >= 0.6 is 0 Å². The van der Waals surface area contributed by atoms with E-state index in [2.05, 4.69) is 5.92 Å². The molecule has 0 aromatic heterocycles. The molecule has 2 rings (SSSR count). The van der Waals surface area contributed by atoms with Gasteiger partial charge in [0.15, 0.2) is 5.78 Å². The number of Topliss-reactive ketones (excluding diaryl/α,β-unsaturated/α-hetero) is 1. The summed E-state index contributed by atoms with van der Waals surface area (Å²) in [6, 6.07) is 19.3. The first kappa shape index (κ1) is 13.1. The van der Waals surface area contributed by atoms with E-state index >= 15 is 0 Å². The van der Waals surface area contributed by atoms with Gasteiger partial charge in [-0.3, -0.25) is 4.79 Å². The third-order valence-electron chi connectivity index (χ3n) is 3.16. The van der Waals surface area contributed by atoms with Crippen LogP contribution in [-0.2, 0) is 0 Å². The Morgan fingerprint density at radius 3 is 2.16 bits per heavy atom. The highest BCUT2D eigenvalue weighted by Crippen LogP contribution is 2.24. The summed E-state index contributed by atoms with van der Waals surface area (Å²) < 4.78 is 0. The first-order valence-electron chi connectivity index (χ1n) is 6.38. The fourth-order valence-electron chi connectivity index (χ4n) is 2.14. The molecule has 0 fully saturated rings. The van der Waals surface area contributed by atoms with Crippen LogP contribution in [0.5, 0.6) is 0 Å². The highest BCUT2D eigenvalue weighted by molar-refractivity contribution is 5.96. The second-order valence-corrected chi connectivity index (χ2v) is 4.51. The molecule has 0 saturated carbocycles. The van der Waals surface area contributed by atoms with Crippen LogP contribution in [-0.4, -0.2) is 5.78 Å². The summed E-state index contributed by atoms with van der Waals surface area (Å²) in [7, 11) is 0. The molecule has 0 N–H and O–H groups in total. The van der Waals surface area contributed by atoms with Gasteiger partial charge < -0.3 is 0 Å². The van der Waals surface area contributed by atoms with E-state index in [-0.39, 0.29) is 11.7 Å². The Kier molecular flexibility index (Phi) is 4.53. The Bertz CT molecular complexity index is 564. The normalized spacial score (nSPS) is 11.5. The molecule has 19 heavy (non-hydrogen) atoms. The molecule has 1 atom stereocenters. The highest BCUT2D eigenvalue weighted by atomic mass is 16.1. The lowest BCUT2D eigenvalue weighted by Gasteiger charge is -2.13. The van der Waals surface area contributed by atoms with E-state index in [1.807, 2.05) is 60.7 Å². The van der Waals surface area contributed by atoms with Gasteiger partial charge in [0, 0.05) is 24.3 Å². The molecule has 0 heterocycles. The molecule has 0 saturated heterocycles. The number of hydrogen-bond acceptors (Lipinski definition) is 1. The number of terminal acetylenes is 1. The van der Waals surface area contributed by atoms with Crippen molar-refractivity contribution >= 4 is 5.78 Å². The van der Waals surface area contributed by atoms with E-state index in [0.29, 0.717) is 12.8 Å². The van der Waals surface area contributed by atoms with Crippen LogP contribution < -0.4 is 0 Å². The molecule has 0 radical (unpaired) electrons. The Hall–Kier alpha value is -2.33. The predicted molar refractivity (Wildman–Crippen MR) is 78.0 cm³/mol. The molecule has 1 nitrogen and oxygen atoms in total. The van der Waals surface area contributed by atoms with Gasteiger partial charge in [-0.25, -0.2) is 0 Å². The maximum Gasteiger partial charge on any atom is 0.163 e. The van der Waals surface area contributed by atoms with E-state index in [4.69, 9.17) is 6.42 Å². The van der Waals surface area contributed by atoms with Gasteiger partial charge in [0.1, 0.15) is 0 Å². The SMILES string of the molecule is C#CCC(CC(=O)c1ccccc1)c1ccccc1. The zero-order valence-corrected chi connectivity index (χ0v) is 10.8. The van der Waals surface area contributed by atoms with Crippen LogP contribution in [0.4, 0.5) is 0 Å². The lowest BCUT2D eigenvalue weighted by molar-refractivity contribution is 0.0974. The number of benzene rings is 2. The summed E-state index contributed by atoms with van der Waals surface area (Å²) in [6.45, 7) is 0. The van der Waals surface area contributed by atoms with Crippen molar-refractivity contribution in [1.29, 1.82) is 0 Å². The average Bonchev–Trinajstić information content (AvgIpc) is 2.48. The molecule has 0 spiro atoms. The van der Waals surface area contributed by atoms with E-state index in [0.717, 1.165) is 11.1 Å². The first-order valence-corrected chi connectivity index (χ1v) is 6.38. The van der Waals surface area contributed by atoms with Gasteiger partial charge >= 0.3 is 0 Å². The van der Waals surface area contributed by atoms with Gasteiger partial charge in [-0.05, 0) is 5.56 Å². The van der Waals surface area contributed by atoms with Gasteiger partial charge in [-0.2, -0.15) is 0 Å². The fourth-order valence-corrected chi connectivity index (χ4v) is 2.14. The predicted octanol–water partition coefficient (Wildman–Crippen LogP) is 4.07. The summed E-state index contributed by atoms with van der Waals surface area (Å²) in [4.78, 5) is 12.2. The molecule has 0 amide bonds. The molecular weight excluding hydrogens is 232 g/mol. The Labute approximate surface area is 114 Å². The van der Waals surface area contributed by atoms with Gasteiger partial charge in [-0.15, -0.1) is 12.3 Å². The van der Waals surface area contributed by atoms with E-state index < -0.39 is 0 Å². The second kappa shape index (κ2) is 6.56. The molecule has 1 heteroatoms. The number of hydrogen-bond donors (Lipinski definition) is 0. The second-order valence-electron chi connectivity index (χ2n) is 4.51. The van der Waals surface area contributed by atoms with Crippen molar-refractivity contribution in [1.82, 2.24) is 0 Å². The van der Waals surface area contributed by atoms with Gasteiger partial charge in [-0.1, -0.05) is 60.7 Å². The standard InChI is InChI=1S/C18H16O/c1-2-9-17(15-10-5-3-6-11-15)14-18(19)16-12-7-4-8-13-16/h1,3-8,10-13,17H,9,14H2. The van der Waals surface area contributed by atoms with Crippen molar-refractivity contribution in [3.8, 4) is 12.3 Å². The minimum Gasteiger partial charge on any atom is -0.294 e. The number of ketones is 1. The number of carbonyl (C=O) groups is 1. The summed E-state index contributed by atoms with van der Waals surface area (Å²) in [6.07, 6.45) is 6.46. The van der Waals surface area contributed by atoms with Crippen molar-refractivity contribution in [3.05, 3.63) is 71.8 Å². The van der Waals surface area contributed by atoms with Crippen LogP contribution in [0.2, 0.25) is 0 Å². The van der Waals surface area contributed by atoms with Crippen LogP contribution in [0.1, 0.15) is 34.7 Å². The molecule has 1 unspecified atom stereocenters. The summed E-state index contributed by atoms with van der Waals surface area (Å²) in [5.74, 6) is 2.91. The minimum atomic E-state index is 0.0962. The Morgan fingerprint density at radius 1 is 1.00 bits per heavy atom. The van der Waals surface area contributed by atoms with Gasteiger partial charge in [0.25, 0.3) is 0 Å². The third kappa shape index (κ3) is 3.56. The van der Waals surface area contributed by atoms with Crippen LogP contribution in [0, 0.1) is 12.3 Å². The van der Waals surface area contributed by atoms with Crippen LogP contribution in [0.15, 0.2) is 60.7 Å². The average molecular weight is 248 g/mol. The quantitative estimate of drug-likeness (QED) is 0.576. The number of rotatable bonds is 5. The Balaban J connectivity index is 2.14. The van der Waals surface area contributed by atoms with Crippen LogP contribution in [0.3, 0.4) is 0 Å². The summed E-state index contributed by atoms with van der Waals surface area (Å²) in [5.41, 5.74) is 1.88. The molecule has 0 bridgehead atoms. The van der Waals surface area contributed by atoms with Crippen molar-refractivity contribution < 1.29 is 4.79 Å². The maximum absolute atomic E-state index is 12.2.